The average Bonchev–Trinajstić information content (AvgIpc) is 2.40. The molecular formula is C9H17NO4. The number of carboxylic acid groups (broad SMARTS) is 1. The second-order valence-electron chi connectivity index (χ2n) is 4.21. The number of aliphatic hydroxyl groups excluding tert-OH is 1. The lowest BCUT2D eigenvalue weighted by molar-refractivity contribution is -0.163. The summed E-state index contributed by atoms with van der Waals surface area (Å²) in [6, 6.07) is 0. The van der Waals surface area contributed by atoms with E-state index in [1.165, 1.54) is 0 Å². The van der Waals surface area contributed by atoms with E-state index in [9.17, 15) is 9.90 Å². The van der Waals surface area contributed by atoms with Crippen molar-refractivity contribution in [2.24, 2.45) is 11.1 Å². The molecule has 1 heterocycles. The summed E-state index contributed by atoms with van der Waals surface area (Å²) in [5.41, 5.74) is 4.01. The van der Waals surface area contributed by atoms with Gasteiger partial charge in [0.25, 0.3) is 0 Å². The molecule has 0 aliphatic carbocycles. The van der Waals surface area contributed by atoms with Gasteiger partial charge in [-0.05, 0) is 20.3 Å². The Kier molecular flexibility index (Phi) is 2.85. The van der Waals surface area contributed by atoms with Crippen molar-refractivity contribution < 1.29 is 19.7 Å². The van der Waals surface area contributed by atoms with Gasteiger partial charge in [-0.2, -0.15) is 0 Å². The van der Waals surface area contributed by atoms with E-state index in [0.29, 0.717) is 13.0 Å². The summed E-state index contributed by atoms with van der Waals surface area (Å²) in [5.74, 6) is -1.24. The number of rotatable bonds is 3. The fourth-order valence-electron chi connectivity index (χ4n) is 2.09. The van der Waals surface area contributed by atoms with Gasteiger partial charge in [0.05, 0.1) is 5.60 Å². The Morgan fingerprint density at radius 1 is 1.64 bits per heavy atom. The smallest absolute Gasteiger partial charge is 0.333 e. The van der Waals surface area contributed by atoms with Crippen molar-refractivity contribution in [1.82, 2.24) is 0 Å². The fraction of sp³-hybridized carbons (Fsp3) is 0.889. The second-order valence-corrected chi connectivity index (χ2v) is 4.21. The summed E-state index contributed by atoms with van der Waals surface area (Å²) in [5, 5.41) is 18.5. The summed E-state index contributed by atoms with van der Waals surface area (Å²) in [6.07, 6.45) is -0.991. The molecule has 1 aliphatic rings. The number of nitrogens with two attached hydrogens (primary N) is 1. The first-order valence-electron chi connectivity index (χ1n) is 4.62. The van der Waals surface area contributed by atoms with Gasteiger partial charge >= 0.3 is 5.97 Å². The van der Waals surface area contributed by atoms with Crippen molar-refractivity contribution >= 4 is 5.97 Å². The SMILES string of the molecule is CC1(C)OCCC1(CN)C(O)C(=O)O. The van der Waals surface area contributed by atoms with Crippen LogP contribution in [-0.4, -0.2) is 41.0 Å². The molecular weight excluding hydrogens is 186 g/mol. The third-order valence-corrected chi connectivity index (χ3v) is 3.33. The highest BCUT2D eigenvalue weighted by Crippen LogP contribution is 2.45. The minimum atomic E-state index is -1.47. The molecule has 0 radical (unpaired) electrons. The highest BCUT2D eigenvalue weighted by Gasteiger charge is 2.56. The van der Waals surface area contributed by atoms with Crippen LogP contribution in [0.2, 0.25) is 0 Å². The van der Waals surface area contributed by atoms with Crippen LogP contribution in [0.15, 0.2) is 0 Å². The molecule has 82 valence electrons. The van der Waals surface area contributed by atoms with Crippen molar-refractivity contribution in [3.63, 3.8) is 0 Å². The number of aliphatic hydroxyl groups is 1. The van der Waals surface area contributed by atoms with Crippen molar-refractivity contribution in [3.05, 3.63) is 0 Å². The monoisotopic (exact) mass is 203 g/mol. The molecule has 1 saturated heterocycles. The molecule has 4 N–H and O–H groups in total. The van der Waals surface area contributed by atoms with Crippen molar-refractivity contribution in [2.45, 2.75) is 32.0 Å². The summed E-state index contributed by atoms with van der Waals surface area (Å²) in [7, 11) is 0. The summed E-state index contributed by atoms with van der Waals surface area (Å²) in [6.45, 7) is 4.07. The zero-order chi connectivity index (χ0) is 11.0. The lowest BCUT2D eigenvalue weighted by Crippen LogP contribution is -2.56. The van der Waals surface area contributed by atoms with Gasteiger partial charge in [0.15, 0.2) is 6.10 Å². The first-order chi connectivity index (χ1) is 6.37. The van der Waals surface area contributed by atoms with E-state index in [2.05, 4.69) is 0 Å². The van der Waals surface area contributed by atoms with Crippen molar-refractivity contribution in [2.75, 3.05) is 13.2 Å². The maximum absolute atomic E-state index is 10.8. The topological polar surface area (TPSA) is 92.8 Å². The number of aliphatic carboxylic acids is 1. The molecule has 2 unspecified atom stereocenters. The van der Waals surface area contributed by atoms with Gasteiger partial charge in [0.2, 0.25) is 0 Å². The number of ether oxygens (including phenoxy) is 1. The molecule has 0 bridgehead atoms. The molecule has 0 aromatic heterocycles. The van der Waals surface area contributed by atoms with E-state index in [0.717, 1.165) is 0 Å². The van der Waals surface area contributed by atoms with Crippen LogP contribution in [0.5, 0.6) is 0 Å². The van der Waals surface area contributed by atoms with Gasteiger partial charge in [0.1, 0.15) is 0 Å². The van der Waals surface area contributed by atoms with Crippen molar-refractivity contribution in [3.8, 4) is 0 Å². The van der Waals surface area contributed by atoms with E-state index >= 15 is 0 Å². The predicted molar refractivity (Wildman–Crippen MR) is 49.8 cm³/mol. The number of hydrogen-bond acceptors (Lipinski definition) is 4. The van der Waals surface area contributed by atoms with Crippen LogP contribution >= 0.6 is 0 Å². The normalized spacial score (nSPS) is 32.9. The van der Waals surface area contributed by atoms with E-state index in [4.69, 9.17) is 15.6 Å². The van der Waals surface area contributed by atoms with Crippen LogP contribution in [0.25, 0.3) is 0 Å². The molecule has 0 saturated carbocycles. The molecule has 1 rings (SSSR count). The molecule has 14 heavy (non-hydrogen) atoms. The fourth-order valence-corrected chi connectivity index (χ4v) is 2.09. The first-order valence-corrected chi connectivity index (χ1v) is 4.62. The summed E-state index contributed by atoms with van der Waals surface area (Å²) < 4.78 is 5.42. The third kappa shape index (κ3) is 1.41. The predicted octanol–water partition coefficient (Wildman–Crippen LogP) is -0.424. The minimum absolute atomic E-state index is 0.105. The maximum Gasteiger partial charge on any atom is 0.333 e. The number of carbonyl (C=O) groups is 1. The van der Waals surface area contributed by atoms with Crippen LogP contribution in [-0.2, 0) is 9.53 Å². The molecule has 1 fully saturated rings. The average molecular weight is 203 g/mol. The summed E-state index contributed by atoms with van der Waals surface area (Å²) in [4.78, 5) is 10.8. The quantitative estimate of drug-likeness (QED) is 0.579. The van der Waals surface area contributed by atoms with E-state index in [1.807, 2.05) is 0 Å². The van der Waals surface area contributed by atoms with Crippen molar-refractivity contribution in [1.29, 1.82) is 0 Å². The molecule has 0 amide bonds. The lowest BCUT2D eigenvalue weighted by Gasteiger charge is -2.40. The van der Waals surface area contributed by atoms with Crippen LogP contribution in [0.1, 0.15) is 20.3 Å². The van der Waals surface area contributed by atoms with Gasteiger partial charge in [-0.1, -0.05) is 0 Å². The Bertz CT molecular complexity index is 241. The van der Waals surface area contributed by atoms with Gasteiger partial charge in [-0.3, -0.25) is 0 Å². The van der Waals surface area contributed by atoms with E-state index in [-0.39, 0.29) is 6.54 Å². The van der Waals surface area contributed by atoms with Crippen LogP contribution in [0.3, 0.4) is 0 Å². The van der Waals surface area contributed by atoms with Gasteiger partial charge < -0.3 is 20.7 Å². The molecule has 0 aromatic rings. The first kappa shape index (κ1) is 11.4. The molecule has 0 spiro atoms. The molecule has 2 atom stereocenters. The summed E-state index contributed by atoms with van der Waals surface area (Å²) >= 11 is 0. The number of hydrogen-bond donors (Lipinski definition) is 3. The second kappa shape index (κ2) is 3.49. The van der Waals surface area contributed by atoms with Crippen LogP contribution in [0, 0.1) is 5.41 Å². The molecule has 0 aromatic carbocycles. The Morgan fingerprint density at radius 3 is 2.50 bits per heavy atom. The minimum Gasteiger partial charge on any atom is -0.479 e. The molecule has 5 heteroatoms. The van der Waals surface area contributed by atoms with Gasteiger partial charge in [0, 0.05) is 18.6 Å². The Balaban J connectivity index is 3.02. The standard InChI is InChI=1S/C9H17NO4/c1-8(2)9(5-10,3-4-14-8)6(11)7(12)13/h6,11H,3-5,10H2,1-2H3,(H,12,13). The molecule has 5 nitrogen and oxygen atoms in total. The molecule has 1 aliphatic heterocycles. The third-order valence-electron chi connectivity index (χ3n) is 3.33. The Morgan fingerprint density at radius 2 is 2.21 bits per heavy atom. The van der Waals surface area contributed by atoms with E-state index < -0.39 is 23.1 Å². The zero-order valence-corrected chi connectivity index (χ0v) is 8.49. The highest BCUT2D eigenvalue weighted by molar-refractivity contribution is 5.73. The largest absolute Gasteiger partial charge is 0.479 e. The Labute approximate surface area is 82.9 Å². The van der Waals surface area contributed by atoms with Crippen LogP contribution in [0.4, 0.5) is 0 Å². The lowest BCUT2D eigenvalue weighted by atomic mass is 9.69. The number of carboxylic acids is 1. The maximum atomic E-state index is 10.8. The van der Waals surface area contributed by atoms with Crippen LogP contribution < -0.4 is 5.73 Å². The van der Waals surface area contributed by atoms with Gasteiger partial charge in [-0.25, -0.2) is 4.79 Å². The highest BCUT2D eigenvalue weighted by atomic mass is 16.5. The van der Waals surface area contributed by atoms with E-state index in [1.54, 1.807) is 13.8 Å². The van der Waals surface area contributed by atoms with Gasteiger partial charge in [-0.15, -0.1) is 0 Å². The zero-order valence-electron chi connectivity index (χ0n) is 8.49. The Hall–Kier alpha value is -0.650.